The Balaban J connectivity index is 0.00000480. The zero-order valence-electron chi connectivity index (χ0n) is 18.2. The van der Waals surface area contributed by atoms with Gasteiger partial charge in [0.2, 0.25) is 0 Å². The summed E-state index contributed by atoms with van der Waals surface area (Å²) < 4.78 is 11.2. The lowest BCUT2D eigenvalue weighted by Gasteiger charge is -2.16. The zero-order chi connectivity index (χ0) is 21.6. The lowest BCUT2D eigenvalue weighted by Crippen LogP contribution is -2.40. The highest BCUT2D eigenvalue weighted by molar-refractivity contribution is 14.0. The minimum atomic E-state index is -0.501. The Morgan fingerprint density at radius 2 is 1.84 bits per heavy atom. The number of halogens is 1. The molecule has 0 aliphatic heterocycles. The molecule has 0 aliphatic rings. The van der Waals surface area contributed by atoms with E-state index in [4.69, 9.17) is 15.2 Å². The fourth-order valence-electron chi connectivity index (χ4n) is 2.68. The van der Waals surface area contributed by atoms with Crippen molar-refractivity contribution in [1.29, 1.82) is 0 Å². The first kappa shape index (κ1) is 26.7. The zero-order valence-corrected chi connectivity index (χ0v) is 20.5. The Labute approximate surface area is 201 Å². The van der Waals surface area contributed by atoms with Gasteiger partial charge in [-0.1, -0.05) is 49.4 Å². The van der Waals surface area contributed by atoms with Gasteiger partial charge in [0, 0.05) is 13.1 Å². The van der Waals surface area contributed by atoms with E-state index in [1.807, 2.05) is 43.3 Å². The van der Waals surface area contributed by atoms with Crippen molar-refractivity contribution in [1.82, 2.24) is 10.6 Å². The predicted molar refractivity (Wildman–Crippen MR) is 135 cm³/mol. The smallest absolute Gasteiger partial charge is 0.255 e. The van der Waals surface area contributed by atoms with Crippen LogP contribution in [0.3, 0.4) is 0 Å². The molecule has 0 aromatic heterocycles. The summed E-state index contributed by atoms with van der Waals surface area (Å²) in [5.74, 6) is 1.18. The van der Waals surface area contributed by atoms with Gasteiger partial charge in [-0.15, -0.1) is 24.0 Å². The van der Waals surface area contributed by atoms with Crippen molar-refractivity contribution in [2.24, 2.45) is 16.6 Å². The predicted octanol–water partition coefficient (Wildman–Crippen LogP) is 3.08. The molecule has 2 rings (SSSR count). The van der Waals surface area contributed by atoms with Gasteiger partial charge in [-0.05, 0) is 36.1 Å². The molecule has 0 aliphatic carbocycles. The molecule has 4 N–H and O–H groups in total. The highest BCUT2D eigenvalue weighted by Crippen LogP contribution is 2.14. The molecule has 0 heterocycles. The molecule has 2 aromatic rings. The quantitative estimate of drug-likeness (QED) is 0.219. The fraction of sp³-hybridized carbons (Fsp3) is 0.391. The summed E-state index contributed by atoms with van der Waals surface area (Å²) in [6, 6.07) is 17.6. The van der Waals surface area contributed by atoms with E-state index in [-0.39, 0.29) is 30.6 Å². The Morgan fingerprint density at radius 1 is 1.10 bits per heavy atom. The highest BCUT2D eigenvalue weighted by Gasteiger charge is 2.05. The third-order valence-electron chi connectivity index (χ3n) is 4.18. The molecular formula is C23H33IN4O3. The number of amides is 1. The maximum absolute atomic E-state index is 10.9. The lowest BCUT2D eigenvalue weighted by atomic mass is 10.2. The molecule has 1 atom stereocenters. The van der Waals surface area contributed by atoms with Crippen molar-refractivity contribution < 1.29 is 14.3 Å². The minimum absolute atomic E-state index is 0. The average molecular weight is 540 g/mol. The number of nitrogens with two attached hydrogens (primary N) is 1. The van der Waals surface area contributed by atoms with Gasteiger partial charge in [0.25, 0.3) is 5.91 Å². The van der Waals surface area contributed by atoms with Crippen LogP contribution in [0.15, 0.2) is 59.6 Å². The van der Waals surface area contributed by atoms with E-state index in [0.717, 1.165) is 24.6 Å². The van der Waals surface area contributed by atoms with Crippen molar-refractivity contribution in [2.45, 2.75) is 27.0 Å². The topological polar surface area (TPSA) is 98.0 Å². The van der Waals surface area contributed by atoms with E-state index in [0.29, 0.717) is 31.4 Å². The number of carbonyl (C=O) groups is 1. The molecule has 0 saturated heterocycles. The van der Waals surface area contributed by atoms with Crippen LogP contribution in [-0.4, -0.2) is 38.2 Å². The molecule has 1 amide bonds. The average Bonchev–Trinajstić information content (AvgIpc) is 2.75. The number of carbonyl (C=O) groups excluding carboxylic acids is 1. The van der Waals surface area contributed by atoms with Crippen LogP contribution >= 0.6 is 24.0 Å². The van der Waals surface area contributed by atoms with Crippen molar-refractivity contribution in [3.05, 3.63) is 65.7 Å². The lowest BCUT2D eigenvalue weighted by molar-refractivity contribution is -0.119. The first-order chi connectivity index (χ1) is 14.6. The first-order valence-electron chi connectivity index (χ1n) is 10.2. The van der Waals surface area contributed by atoms with Crippen molar-refractivity contribution in [2.75, 3.05) is 26.3 Å². The second-order valence-corrected chi connectivity index (χ2v) is 7.08. The Kier molecular flexibility index (Phi) is 13.3. The minimum Gasteiger partial charge on any atom is -0.484 e. The second-order valence-electron chi connectivity index (χ2n) is 7.08. The Hall–Kier alpha value is -2.33. The largest absolute Gasteiger partial charge is 0.484 e. The van der Waals surface area contributed by atoms with Gasteiger partial charge in [0.15, 0.2) is 12.6 Å². The van der Waals surface area contributed by atoms with Gasteiger partial charge in [0.1, 0.15) is 5.75 Å². The summed E-state index contributed by atoms with van der Waals surface area (Å²) in [5.41, 5.74) is 7.27. The Morgan fingerprint density at radius 3 is 2.55 bits per heavy atom. The van der Waals surface area contributed by atoms with E-state index in [9.17, 15) is 4.79 Å². The summed E-state index contributed by atoms with van der Waals surface area (Å²) in [5, 5.41) is 6.61. The summed E-state index contributed by atoms with van der Waals surface area (Å²) in [4.78, 5) is 15.5. The maximum atomic E-state index is 10.9. The molecule has 2 aromatic carbocycles. The number of benzene rings is 2. The van der Waals surface area contributed by atoms with E-state index >= 15 is 0 Å². The van der Waals surface area contributed by atoms with E-state index < -0.39 is 5.91 Å². The normalized spacial score (nSPS) is 11.9. The molecule has 0 fully saturated rings. The molecule has 0 saturated carbocycles. The number of hydrogen-bond acceptors (Lipinski definition) is 4. The van der Waals surface area contributed by atoms with Gasteiger partial charge in [0.05, 0.1) is 19.8 Å². The molecule has 7 nitrogen and oxygen atoms in total. The summed E-state index contributed by atoms with van der Waals surface area (Å²) in [6.45, 7) is 7.33. The Bertz CT molecular complexity index is 802. The number of guanidine groups is 1. The fourth-order valence-corrected chi connectivity index (χ4v) is 2.68. The monoisotopic (exact) mass is 540 g/mol. The van der Waals surface area contributed by atoms with Gasteiger partial charge in [-0.2, -0.15) is 0 Å². The molecule has 1 unspecified atom stereocenters. The third-order valence-corrected chi connectivity index (χ3v) is 4.18. The van der Waals surface area contributed by atoms with E-state index in [1.165, 1.54) is 5.56 Å². The second kappa shape index (κ2) is 15.5. The van der Waals surface area contributed by atoms with Gasteiger partial charge in [-0.3, -0.25) is 4.79 Å². The molecular weight excluding hydrogens is 507 g/mol. The van der Waals surface area contributed by atoms with Gasteiger partial charge < -0.3 is 25.8 Å². The van der Waals surface area contributed by atoms with Crippen molar-refractivity contribution in [3.63, 3.8) is 0 Å². The summed E-state index contributed by atoms with van der Waals surface area (Å²) in [6.07, 6.45) is 0. The van der Waals surface area contributed by atoms with Crippen LogP contribution in [0.4, 0.5) is 0 Å². The van der Waals surface area contributed by atoms with Crippen LogP contribution in [0.25, 0.3) is 0 Å². The van der Waals surface area contributed by atoms with Crippen LogP contribution in [0.2, 0.25) is 0 Å². The number of nitrogens with zero attached hydrogens (tertiary/aromatic N) is 1. The maximum Gasteiger partial charge on any atom is 0.255 e. The summed E-state index contributed by atoms with van der Waals surface area (Å²) in [7, 11) is 0. The SMILES string of the molecule is CCNC(=NCc1cccc(OCC(N)=O)c1)NCC(C)COCc1ccccc1.I. The van der Waals surface area contributed by atoms with E-state index in [1.54, 1.807) is 6.07 Å². The number of ether oxygens (including phenoxy) is 2. The number of primary amides is 1. The molecule has 0 radical (unpaired) electrons. The van der Waals surface area contributed by atoms with Crippen LogP contribution in [0.1, 0.15) is 25.0 Å². The van der Waals surface area contributed by atoms with Crippen molar-refractivity contribution >= 4 is 35.8 Å². The van der Waals surface area contributed by atoms with Gasteiger partial charge in [-0.25, -0.2) is 4.99 Å². The van der Waals surface area contributed by atoms with Gasteiger partial charge >= 0.3 is 0 Å². The molecule has 31 heavy (non-hydrogen) atoms. The van der Waals surface area contributed by atoms with Crippen LogP contribution in [0.5, 0.6) is 5.75 Å². The van der Waals surface area contributed by atoms with Crippen LogP contribution < -0.4 is 21.1 Å². The van der Waals surface area contributed by atoms with E-state index in [2.05, 4.69) is 34.7 Å². The number of hydrogen-bond donors (Lipinski definition) is 3. The molecule has 170 valence electrons. The molecule has 8 heteroatoms. The van der Waals surface area contributed by atoms with Crippen LogP contribution in [-0.2, 0) is 22.7 Å². The van der Waals surface area contributed by atoms with Crippen LogP contribution in [0, 0.1) is 5.92 Å². The molecule has 0 bridgehead atoms. The highest BCUT2D eigenvalue weighted by atomic mass is 127. The molecule has 0 spiro atoms. The standard InChI is InChI=1S/C23H32N4O3.HI/c1-3-25-23(26-13-18(2)15-29-16-19-8-5-4-6-9-19)27-14-20-10-7-11-21(12-20)30-17-22(24)28;/h4-12,18H,3,13-17H2,1-2H3,(H2,24,28)(H2,25,26,27);1H. The van der Waals surface area contributed by atoms with Crippen molar-refractivity contribution in [3.8, 4) is 5.75 Å². The summed E-state index contributed by atoms with van der Waals surface area (Å²) >= 11 is 0. The third kappa shape index (κ3) is 11.6. The number of rotatable bonds is 12. The first-order valence-corrected chi connectivity index (χ1v) is 10.2. The number of aliphatic imine (C=N–C) groups is 1. The number of nitrogens with one attached hydrogen (secondary N) is 2.